The van der Waals surface area contributed by atoms with Crippen molar-refractivity contribution in [3.8, 4) is 0 Å². The van der Waals surface area contributed by atoms with Crippen LogP contribution in [0.15, 0.2) is 39.0 Å². The molecule has 0 aliphatic rings. The Kier molecular flexibility index (Phi) is 4.29. The zero-order chi connectivity index (χ0) is 14.0. The number of thiophene rings is 1. The molecule has 0 amide bonds. The zero-order valence-electron chi connectivity index (χ0n) is 10.2. The summed E-state index contributed by atoms with van der Waals surface area (Å²) >= 11 is 4.84. The van der Waals surface area contributed by atoms with Crippen LogP contribution in [0.1, 0.15) is 10.4 Å². The highest BCUT2D eigenvalue weighted by atomic mass is 79.9. The van der Waals surface area contributed by atoms with E-state index in [2.05, 4.69) is 20.7 Å². The minimum absolute atomic E-state index is 0.261. The highest BCUT2D eigenvalue weighted by Gasteiger charge is 2.16. The van der Waals surface area contributed by atoms with Crippen molar-refractivity contribution in [2.24, 2.45) is 0 Å². The van der Waals surface area contributed by atoms with E-state index in [1.807, 2.05) is 12.1 Å². The van der Waals surface area contributed by atoms with Gasteiger partial charge in [-0.05, 0) is 58.7 Å². The van der Waals surface area contributed by atoms with E-state index in [9.17, 15) is 8.42 Å². The second-order valence-corrected chi connectivity index (χ2v) is 8.34. The van der Waals surface area contributed by atoms with Gasteiger partial charge in [0.05, 0.1) is 8.68 Å². The van der Waals surface area contributed by atoms with Gasteiger partial charge in [0.15, 0.2) is 0 Å². The molecular weight excluding hydrogens is 348 g/mol. The molecule has 0 saturated heterocycles. The number of halogens is 1. The fraction of sp³-hybridized carbons (Fsp3) is 0.167. The first-order valence-corrected chi connectivity index (χ1v) is 8.58. The molecule has 0 fully saturated rings. The molecule has 0 spiro atoms. The molecule has 3 N–H and O–H groups in total. The summed E-state index contributed by atoms with van der Waals surface area (Å²) < 4.78 is 27.9. The summed E-state index contributed by atoms with van der Waals surface area (Å²) in [4.78, 5) is 1.21. The minimum Gasteiger partial charge on any atom is -0.399 e. The summed E-state index contributed by atoms with van der Waals surface area (Å²) in [7, 11) is -3.51. The van der Waals surface area contributed by atoms with E-state index in [4.69, 9.17) is 5.73 Å². The molecule has 1 heterocycles. The Labute approximate surface area is 124 Å². The smallest absolute Gasteiger partial charge is 0.241 e. The average molecular weight is 361 g/mol. The third kappa shape index (κ3) is 3.56. The Hall–Kier alpha value is -0.890. The van der Waals surface area contributed by atoms with Gasteiger partial charge in [0.1, 0.15) is 0 Å². The van der Waals surface area contributed by atoms with E-state index in [1.54, 1.807) is 19.1 Å². The van der Waals surface area contributed by atoms with Crippen molar-refractivity contribution >= 4 is 43.0 Å². The molecule has 0 bridgehead atoms. The van der Waals surface area contributed by atoms with Crippen molar-refractivity contribution in [1.82, 2.24) is 4.72 Å². The van der Waals surface area contributed by atoms with Crippen molar-refractivity contribution in [2.45, 2.75) is 18.4 Å². The molecule has 102 valence electrons. The molecular formula is C12H13BrN2O2S2. The number of nitrogen functional groups attached to an aromatic ring is 1. The monoisotopic (exact) mass is 360 g/mol. The Morgan fingerprint density at radius 2 is 2.05 bits per heavy atom. The van der Waals surface area contributed by atoms with Gasteiger partial charge in [0, 0.05) is 17.1 Å². The first-order chi connectivity index (χ1) is 8.88. The third-order valence-electron chi connectivity index (χ3n) is 2.55. The average Bonchev–Trinajstić information content (AvgIpc) is 2.72. The van der Waals surface area contributed by atoms with Crippen molar-refractivity contribution in [3.63, 3.8) is 0 Å². The summed E-state index contributed by atoms with van der Waals surface area (Å²) in [5.41, 5.74) is 6.81. The molecule has 19 heavy (non-hydrogen) atoms. The third-order valence-corrected chi connectivity index (χ3v) is 5.74. The van der Waals surface area contributed by atoms with E-state index in [0.717, 1.165) is 8.66 Å². The van der Waals surface area contributed by atoms with Crippen LogP contribution in [0.25, 0.3) is 0 Å². The zero-order valence-corrected chi connectivity index (χ0v) is 13.4. The normalized spacial score (nSPS) is 11.7. The topological polar surface area (TPSA) is 72.2 Å². The summed E-state index contributed by atoms with van der Waals surface area (Å²) in [6.07, 6.45) is 0. The summed E-state index contributed by atoms with van der Waals surface area (Å²) in [5.74, 6) is 0. The maximum Gasteiger partial charge on any atom is 0.241 e. The van der Waals surface area contributed by atoms with Gasteiger partial charge in [0.25, 0.3) is 0 Å². The van der Waals surface area contributed by atoms with Crippen LogP contribution in [-0.4, -0.2) is 8.42 Å². The first-order valence-electron chi connectivity index (χ1n) is 5.48. The number of aryl methyl sites for hydroxylation is 1. The summed E-state index contributed by atoms with van der Waals surface area (Å²) in [6.45, 7) is 2.01. The van der Waals surface area contributed by atoms with Crippen molar-refractivity contribution in [1.29, 1.82) is 0 Å². The number of nitrogens with one attached hydrogen (secondary N) is 1. The van der Waals surface area contributed by atoms with Gasteiger partial charge >= 0.3 is 0 Å². The van der Waals surface area contributed by atoms with Crippen molar-refractivity contribution < 1.29 is 8.42 Å². The Bertz CT molecular complexity index is 696. The lowest BCUT2D eigenvalue weighted by Crippen LogP contribution is -2.23. The minimum atomic E-state index is -3.51. The van der Waals surface area contributed by atoms with Crippen LogP contribution in [0.2, 0.25) is 0 Å². The molecule has 4 nitrogen and oxygen atoms in total. The molecule has 2 aromatic rings. The van der Waals surface area contributed by atoms with Crippen LogP contribution in [0, 0.1) is 6.92 Å². The SMILES string of the molecule is Cc1cc(N)ccc1S(=O)(=O)NCc1ccc(Br)s1. The largest absolute Gasteiger partial charge is 0.399 e. The van der Waals surface area contributed by atoms with E-state index < -0.39 is 10.0 Å². The predicted octanol–water partition coefficient (Wildman–Crippen LogP) is 2.88. The van der Waals surface area contributed by atoms with Crippen molar-refractivity contribution in [3.05, 3.63) is 44.6 Å². The Morgan fingerprint density at radius 3 is 2.63 bits per heavy atom. The van der Waals surface area contributed by atoms with E-state index in [0.29, 0.717) is 11.3 Å². The van der Waals surface area contributed by atoms with Crippen LogP contribution >= 0.6 is 27.3 Å². The first kappa shape index (κ1) is 14.5. The number of nitrogens with two attached hydrogens (primary N) is 1. The fourth-order valence-corrected chi connectivity index (χ4v) is 4.41. The molecule has 0 aliphatic carbocycles. The number of benzene rings is 1. The number of hydrogen-bond donors (Lipinski definition) is 2. The van der Waals surface area contributed by atoms with Gasteiger partial charge < -0.3 is 5.73 Å². The molecule has 2 rings (SSSR count). The molecule has 0 atom stereocenters. The standard InChI is InChI=1S/C12H13BrN2O2S2/c1-8-6-9(14)2-4-11(8)19(16,17)15-7-10-3-5-12(13)18-10/h2-6,15H,7,14H2,1H3. The second-order valence-electron chi connectivity index (χ2n) is 4.06. The lowest BCUT2D eigenvalue weighted by molar-refractivity contribution is 0.581. The molecule has 7 heteroatoms. The molecule has 1 aromatic heterocycles. The lowest BCUT2D eigenvalue weighted by Gasteiger charge is -2.09. The highest BCUT2D eigenvalue weighted by Crippen LogP contribution is 2.23. The van der Waals surface area contributed by atoms with Crippen LogP contribution < -0.4 is 10.5 Å². The molecule has 0 saturated carbocycles. The van der Waals surface area contributed by atoms with Gasteiger partial charge in [-0.3, -0.25) is 0 Å². The van der Waals surface area contributed by atoms with Crippen LogP contribution in [0.3, 0.4) is 0 Å². The van der Waals surface area contributed by atoms with Gasteiger partial charge in [-0.15, -0.1) is 11.3 Å². The maximum atomic E-state index is 12.2. The van der Waals surface area contributed by atoms with Gasteiger partial charge in [-0.2, -0.15) is 0 Å². The molecule has 0 aliphatic heterocycles. The summed E-state index contributed by atoms with van der Waals surface area (Å²) in [5, 5.41) is 0. The number of hydrogen-bond acceptors (Lipinski definition) is 4. The van der Waals surface area contributed by atoms with Crippen molar-refractivity contribution in [2.75, 3.05) is 5.73 Å². The van der Waals surface area contributed by atoms with Gasteiger partial charge in [0.2, 0.25) is 10.0 Å². The second kappa shape index (κ2) is 5.62. The number of rotatable bonds is 4. The van der Waals surface area contributed by atoms with Gasteiger partial charge in [-0.25, -0.2) is 13.1 Å². The lowest BCUT2D eigenvalue weighted by atomic mass is 10.2. The molecule has 1 aromatic carbocycles. The summed E-state index contributed by atoms with van der Waals surface area (Å²) in [6, 6.07) is 8.53. The Balaban J connectivity index is 2.18. The van der Waals surface area contributed by atoms with Gasteiger partial charge in [-0.1, -0.05) is 0 Å². The van der Waals surface area contributed by atoms with E-state index in [-0.39, 0.29) is 11.4 Å². The van der Waals surface area contributed by atoms with Crippen LogP contribution in [0.4, 0.5) is 5.69 Å². The number of anilines is 1. The maximum absolute atomic E-state index is 12.2. The van der Waals surface area contributed by atoms with Crippen LogP contribution in [0.5, 0.6) is 0 Å². The highest BCUT2D eigenvalue weighted by molar-refractivity contribution is 9.11. The van der Waals surface area contributed by atoms with E-state index in [1.165, 1.54) is 17.4 Å². The predicted molar refractivity (Wildman–Crippen MR) is 81.6 cm³/mol. The quantitative estimate of drug-likeness (QED) is 0.823. The van der Waals surface area contributed by atoms with E-state index >= 15 is 0 Å². The number of sulfonamides is 1. The molecule has 0 radical (unpaired) electrons. The molecule has 0 unspecified atom stereocenters. The van der Waals surface area contributed by atoms with Crippen LogP contribution in [-0.2, 0) is 16.6 Å². The fourth-order valence-electron chi connectivity index (χ4n) is 1.66. The Morgan fingerprint density at radius 1 is 1.32 bits per heavy atom.